The number of aliphatic hydroxyl groups is 1. The van der Waals surface area contributed by atoms with Crippen LogP contribution in [-0.2, 0) is 31.3 Å². The average molecular weight is 689 g/mol. The van der Waals surface area contributed by atoms with Crippen molar-refractivity contribution in [2.45, 2.75) is 56.4 Å². The van der Waals surface area contributed by atoms with Crippen LogP contribution in [0.5, 0.6) is 5.75 Å². The molecule has 0 saturated carbocycles. The molecule has 0 aliphatic carbocycles. The summed E-state index contributed by atoms with van der Waals surface area (Å²) in [7, 11) is -7.83. The Morgan fingerprint density at radius 1 is 1.00 bits per heavy atom. The molecule has 2 atom stereocenters. The number of carboxylic acids is 1. The van der Waals surface area contributed by atoms with Gasteiger partial charge in [0, 0.05) is 44.3 Å². The van der Waals surface area contributed by atoms with Gasteiger partial charge in [0.2, 0.25) is 20.0 Å². The number of aromatic hydroxyl groups is 1. The van der Waals surface area contributed by atoms with Crippen LogP contribution in [0.15, 0.2) is 72.8 Å². The number of benzene rings is 3. The van der Waals surface area contributed by atoms with E-state index >= 15 is 0 Å². The predicted octanol–water partition coefficient (Wildman–Crippen LogP) is 3.69. The molecule has 0 aromatic heterocycles. The van der Waals surface area contributed by atoms with Gasteiger partial charge in [-0.3, -0.25) is 13.8 Å². The number of nitrogens with one attached hydrogen (secondary N) is 2. The first-order valence-corrected chi connectivity index (χ1v) is 19.0. The lowest BCUT2D eigenvalue weighted by atomic mass is 10.0. The van der Waals surface area contributed by atoms with E-state index < -0.39 is 37.4 Å². The van der Waals surface area contributed by atoms with Crippen molar-refractivity contribution in [3.8, 4) is 5.75 Å². The smallest absolute Gasteiger partial charge is 0.324 e. The second kappa shape index (κ2) is 15.8. The Hall–Kier alpha value is -3.85. The van der Waals surface area contributed by atoms with Gasteiger partial charge >= 0.3 is 5.97 Å². The van der Waals surface area contributed by atoms with Crippen molar-refractivity contribution in [3.63, 3.8) is 0 Å². The third-order valence-corrected chi connectivity index (χ3v) is 10.9. The van der Waals surface area contributed by atoms with Crippen LogP contribution in [-0.4, -0.2) is 81.9 Å². The first kappa shape index (κ1) is 36.0. The van der Waals surface area contributed by atoms with E-state index in [1.54, 1.807) is 48.5 Å². The number of piperidine rings is 1. The second-order valence-corrected chi connectivity index (χ2v) is 15.6. The molecular formula is C33H44N4O8S2. The van der Waals surface area contributed by atoms with Gasteiger partial charge in [0.05, 0.1) is 23.7 Å². The normalized spacial score (nSPS) is 15.6. The number of unbranched alkanes of at least 4 members (excludes halogenated alkanes) is 1. The van der Waals surface area contributed by atoms with Gasteiger partial charge in [-0.05, 0) is 66.8 Å². The number of phenolic OH excluding ortho intramolecular Hbond substituents is 1. The van der Waals surface area contributed by atoms with Crippen LogP contribution in [0.4, 0.5) is 17.1 Å². The maximum absolute atomic E-state index is 13.8. The molecule has 1 unspecified atom stereocenters. The highest BCUT2D eigenvalue weighted by Gasteiger charge is 2.38. The maximum atomic E-state index is 13.8. The summed E-state index contributed by atoms with van der Waals surface area (Å²) in [4.78, 5) is 14.4. The van der Waals surface area contributed by atoms with Gasteiger partial charge in [-0.15, -0.1) is 0 Å². The number of carbonyl (C=O) groups is 1. The molecule has 3 aromatic rings. The summed E-state index contributed by atoms with van der Waals surface area (Å²) in [6.45, 7) is 3.83. The molecule has 0 amide bonds. The van der Waals surface area contributed by atoms with Gasteiger partial charge in [-0.2, -0.15) is 0 Å². The number of aliphatic hydroxyl groups excluding tert-OH is 1. The Bertz CT molecular complexity index is 1700. The number of nitrogens with zero attached hydrogens (tertiary/aromatic N) is 2. The van der Waals surface area contributed by atoms with E-state index in [1.807, 2.05) is 19.1 Å². The SMILES string of the molecule is CCCCN(c1ccc(N2CCC(NC[C@H](O)c3ccc(O)c(NS(C)(=O)=O)c3)CC2)cc1)S(=O)(=O)C(Cc1ccccc1)C(=O)O. The molecule has 256 valence electrons. The molecule has 1 saturated heterocycles. The quantitative estimate of drug-likeness (QED) is 0.140. The number of hydrogen-bond acceptors (Lipinski definition) is 9. The first-order chi connectivity index (χ1) is 22.3. The summed E-state index contributed by atoms with van der Waals surface area (Å²) in [6.07, 6.45) is 2.85. The summed E-state index contributed by atoms with van der Waals surface area (Å²) < 4.78 is 54.2. The third kappa shape index (κ3) is 9.83. The molecule has 14 heteroatoms. The van der Waals surface area contributed by atoms with Gasteiger partial charge in [0.15, 0.2) is 5.25 Å². The molecule has 1 aliphatic rings. The highest BCUT2D eigenvalue weighted by atomic mass is 32.2. The Morgan fingerprint density at radius 3 is 2.26 bits per heavy atom. The minimum Gasteiger partial charge on any atom is -0.506 e. The largest absolute Gasteiger partial charge is 0.506 e. The number of carboxylic acid groups (broad SMARTS) is 1. The number of sulfonamides is 2. The predicted molar refractivity (Wildman–Crippen MR) is 184 cm³/mol. The zero-order chi connectivity index (χ0) is 34.2. The fraction of sp³-hybridized carbons (Fsp3) is 0.424. The highest BCUT2D eigenvalue weighted by Crippen LogP contribution is 2.30. The number of aliphatic carboxylic acids is 1. The topological polar surface area (TPSA) is 177 Å². The van der Waals surface area contributed by atoms with E-state index in [1.165, 1.54) is 16.4 Å². The van der Waals surface area contributed by atoms with Crippen molar-refractivity contribution in [1.82, 2.24) is 5.32 Å². The van der Waals surface area contributed by atoms with Crippen LogP contribution in [0.2, 0.25) is 0 Å². The molecular weight excluding hydrogens is 645 g/mol. The van der Waals surface area contributed by atoms with Crippen molar-refractivity contribution in [1.29, 1.82) is 0 Å². The van der Waals surface area contributed by atoms with Gasteiger partial charge in [0.25, 0.3) is 0 Å². The van der Waals surface area contributed by atoms with Crippen molar-refractivity contribution in [3.05, 3.63) is 83.9 Å². The van der Waals surface area contributed by atoms with Crippen molar-refractivity contribution in [2.24, 2.45) is 0 Å². The van der Waals surface area contributed by atoms with Crippen LogP contribution in [0.1, 0.15) is 49.8 Å². The summed E-state index contributed by atoms with van der Waals surface area (Å²) in [5.74, 6) is -1.62. The zero-order valence-electron chi connectivity index (χ0n) is 26.6. The lowest BCUT2D eigenvalue weighted by Gasteiger charge is -2.35. The van der Waals surface area contributed by atoms with Crippen LogP contribution in [0.3, 0.4) is 0 Å². The van der Waals surface area contributed by atoms with E-state index in [-0.39, 0.29) is 37.0 Å². The van der Waals surface area contributed by atoms with Gasteiger partial charge in [-0.25, -0.2) is 16.8 Å². The van der Waals surface area contributed by atoms with Crippen LogP contribution in [0.25, 0.3) is 0 Å². The minimum absolute atomic E-state index is 0.00310. The third-order valence-electron chi connectivity index (χ3n) is 8.22. The molecule has 0 spiro atoms. The summed E-state index contributed by atoms with van der Waals surface area (Å²) in [6, 6.07) is 20.4. The fourth-order valence-corrected chi connectivity index (χ4v) is 7.94. The van der Waals surface area contributed by atoms with Crippen molar-refractivity contribution >= 4 is 43.1 Å². The van der Waals surface area contributed by atoms with Crippen LogP contribution in [0, 0.1) is 0 Å². The van der Waals surface area contributed by atoms with Crippen LogP contribution < -0.4 is 19.2 Å². The molecule has 5 N–H and O–H groups in total. The molecule has 1 aliphatic heterocycles. The minimum atomic E-state index is -4.23. The number of phenols is 1. The standard InChI is InChI=1S/C33H44N4O8S2/c1-3-4-18-37(47(44,45)32(33(40)41)21-24-8-6-5-7-9-24)28-13-11-27(12-14-28)36-19-16-26(17-20-36)34-23-31(39)25-10-15-30(38)29(22-25)35-46(2,42)43/h5-15,22,26,31-32,34-35,38-39H,3-4,16-21,23H2,1-2H3,(H,40,41)/t31-,32?/m0/s1. The van der Waals surface area contributed by atoms with E-state index in [0.717, 1.165) is 44.3 Å². The molecule has 47 heavy (non-hydrogen) atoms. The van der Waals surface area contributed by atoms with Gasteiger partial charge in [-0.1, -0.05) is 49.7 Å². The van der Waals surface area contributed by atoms with Crippen molar-refractivity contribution < 1.29 is 36.9 Å². The summed E-state index contributed by atoms with van der Waals surface area (Å²) in [5.41, 5.74) is 2.45. The average Bonchev–Trinajstić information content (AvgIpc) is 3.04. The van der Waals surface area contributed by atoms with Crippen molar-refractivity contribution in [2.75, 3.05) is 46.4 Å². The van der Waals surface area contributed by atoms with E-state index in [0.29, 0.717) is 23.2 Å². The molecule has 3 aromatic carbocycles. The Balaban J connectivity index is 1.37. The Morgan fingerprint density at radius 2 is 1.66 bits per heavy atom. The molecule has 12 nitrogen and oxygen atoms in total. The Labute approximate surface area is 277 Å². The number of rotatable bonds is 16. The van der Waals surface area contributed by atoms with Crippen LogP contribution >= 0.6 is 0 Å². The molecule has 1 heterocycles. The summed E-state index contributed by atoms with van der Waals surface area (Å²) in [5, 5.41) is 32.4. The molecule has 1 fully saturated rings. The summed E-state index contributed by atoms with van der Waals surface area (Å²) >= 11 is 0. The Kier molecular flexibility index (Phi) is 12.1. The van der Waals surface area contributed by atoms with E-state index in [9.17, 15) is 36.9 Å². The maximum Gasteiger partial charge on any atom is 0.324 e. The first-order valence-electron chi connectivity index (χ1n) is 15.6. The van der Waals surface area contributed by atoms with Gasteiger partial charge < -0.3 is 25.5 Å². The van der Waals surface area contributed by atoms with E-state index in [2.05, 4.69) is 14.9 Å². The lowest BCUT2D eigenvalue weighted by Crippen LogP contribution is -2.44. The number of hydrogen-bond donors (Lipinski definition) is 5. The lowest BCUT2D eigenvalue weighted by molar-refractivity contribution is -0.136. The van der Waals surface area contributed by atoms with E-state index in [4.69, 9.17) is 0 Å². The van der Waals surface area contributed by atoms with Gasteiger partial charge in [0.1, 0.15) is 5.75 Å². The fourth-order valence-electron chi connectivity index (χ4n) is 5.62. The molecule has 4 rings (SSSR count). The monoisotopic (exact) mass is 688 g/mol. The number of anilines is 3. The highest BCUT2D eigenvalue weighted by molar-refractivity contribution is 7.94. The molecule has 0 bridgehead atoms. The zero-order valence-corrected chi connectivity index (χ0v) is 28.3. The molecule has 0 radical (unpaired) electrons. The second-order valence-electron chi connectivity index (χ2n) is 11.8.